The van der Waals surface area contributed by atoms with Gasteiger partial charge < -0.3 is 0 Å². The minimum atomic E-state index is 0.551. The lowest BCUT2D eigenvalue weighted by Gasteiger charge is -2.07. The van der Waals surface area contributed by atoms with E-state index in [1.807, 2.05) is 12.4 Å². The molecule has 0 spiro atoms. The predicted octanol–water partition coefficient (Wildman–Crippen LogP) is 5.31. The number of aromatic amines is 2. The molecule has 2 heterocycles. The van der Waals surface area contributed by atoms with Crippen molar-refractivity contribution >= 4 is 0 Å². The monoisotopic (exact) mass is 304 g/mol. The van der Waals surface area contributed by atoms with E-state index in [1.54, 1.807) is 0 Å². The second-order valence-corrected chi connectivity index (χ2v) is 7.10. The zero-order chi connectivity index (χ0) is 16.9. The molecule has 2 N–H and O–H groups in total. The third-order valence-corrected chi connectivity index (χ3v) is 3.80. The Morgan fingerprint density at radius 3 is 1.09 bits per heavy atom. The third kappa shape index (κ3) is 4.72. The average Bonchev–Trinajstić information content (AvgIpc) is 3.08. The van der Waals surface area contributed by atoms with Crippen LogP contribution in [0.25, 0.3) is 0 Å². The summed E-state index contributed by atoms with van der Waals surface area (Å²) in [5, 5.41) is 14.2. The topological polar surface area (TPSA) is 57.4 Å². The summed E-state index contributed by atoms with van der Waals surface area (Å²) in [7, 11) is 0. The van der Waals surface area contributed by atoms with Gasteiger partial charge in [0.2, 0.25) is 0 Å². The van der Waals surface area contributed by atoms with Crippen molar-refractivity contribution in [2.75, 3.05) is 0 Å². The standard InChI is InChI=1S/2C9H16N2/c2*1-6(2)8-5-10-11-9(8)7(3)4/h2*5-7H,1-4H3,(H,10,11). The Labute approximate surface area is 135 Å². The van der Waals surface area contributed by atoms with Gasteiger partial charge in [-0.3, -0.25) is 10.2 Å². The lowest BCUT2D eigenvalue weighted by atomic mass is 9.98. The molecule has 0 aliphatic carbocycles. The molecule has 0 radical (unpaired) electrons. The molecule has 0 unspecified atom stereocenters. The first kappa shape index (κ1) is 18.5. The minimum absolute atomic E-state index is 0.551. The molecule has 2 aromatic heterocycles. The first-order valence-electron chi connectivity index (χ1n) is 8.31. The predicted molar refractivity (Wildman–Crippen MR) is 93.5 cm³/mol. The fourth-order valence-electron chi connectivity index (χ4n) is 2.46. The lowest BCUT2D eigenvalue weighted by molar-refractivity contribution is 0.767. The van der Waals surface area contributed by atoms with Crippen molar-refractivity contribution in [3.63, 3.8) is 0 Å². The molecular weight excluding hydrogens is 272 g/mol. The maximum Gasteiger partial charge on any atom is 0.0524 e. The Morgan fingerprint density at radius 1 is 0.591 bits per heavy atom. The second-order valence-electron chi connectivity index (χ2n) is 7.10. The first-order valence-corrected chi connectivity index (χ1v) is 8.31. The number of hydrogen-bond acceptors (Lipinski definition) is 2. The van der Waals surface area contributed by atoms with Crippen LogP contribution in [0.2, 0.25) is 0 Å². The molecule has 22 heavy (non-hydrogen) atoms. The van der Waals surface area contributed by atoms with Crippen molar-refractivity contribution in [1.82, 2.24) is 20.4 Å². The Balaban J connectivity index is 0.000000220. The average molecular weight is 304 g/mol. The summed E-state index contributed by atoms with van der Waals surface area (Å²) in [6.45, 7) is 17.5. The van der Waals surface area contributed by atoms with Gasteiger partial charge in [0.25, 0.3) is 0 Å². The number of rotatable bonds is 4. The number of aromatic nitrogens is 4. The van der Waals surface area contributed by atoms with Gasteiger partial charge in [-0.15, -0.1) is 0 Å². The Bertz CT molecular complexity index is 452. The molecule has 124 valence electrons. The van der Waals surface area contributed by atoms with E-state index in [0.29, 0.717) is 23.7 Å². The fraction of sp³-hybridized carbons (Fsp3) is 0.667. The molecule has 0 aliphatic heterocycles. The summed E-state index contributed by atoms with van der Waals surface area (Å²) < 4.78 is 0. The smallest absolute Gasteiger partial charge is 0.0524 e. The van der Waals surface area contributed by atoms with Crippen molar-refractivity contribution in [1.29, 1.82) is 0 Å². The van der Waals surface area contributed by atoms with Crippen LogP contribution in [-0.4, -0.2) is 20.4 Å². The molecular formula is C18H32N4. The van der Waals surface area contributed by atoms with E-state index in [9.17, 15) is 0 Å². The highest BCUT2D eigenvalue weighted by molar-refractivity contribution is 5.23. The van der Waals surface area contributed by atoms with Gasteiger partial charge in [0.15, 0.2) is 0 Å². The first-order chi connectivity index (χ1) is 10.3. The summed E-state index contributed by atoms with van der Waals surface area (Å²) in [4.78, 5) is 0. The molecule has 2 rings (SSSR count). The number of nitrogens with one attached hydrogen (secondary N) is 2. The van der Waals surface area contributed by atoms with Crippen LogP contribution in [0.4, 0.5) is 0 Å². The van der Waals surface area contributed by atoms with E-state index in [1.165, 1.54) is 22.5 Å². The zero-order valence-corrected chi connectivity index (χ0v) is 15.4. The van der Waals surface area contributed by atoms with Gasteiger partial charge in [0, 0.05) is 11.4 Å². The SMILES string of the molecule is CC(C)c1cn[nH]c1C(C)C.CC(C)c1cn[nH]c1C(C)C. The summed E-state index contributed by atoms with van der Waals surface area (Å²) in [6.07, 6.45) is 3.86. The fourth-order valence-corrected chi connectivity index (χ4v) is 2.46. The molecule has 2 aromatic rings. The van der Waals surface area contributed by atoms with Crippen LogP contribution in [0, 0.1) is 0 Å². The van der Waals surface area contributed by atoms with E-state index in [-0.39, 0.29) is 0 Å². The quantitative estimate of drug-likeness (QED) is 0.803. The summed E-state index contributed by atoms with van der Waals surface area (Å²) in [5.74, 6) is 2.25. The zero-order valence-electron chi connectivity index (χ0n) is 15.4. The van der Waals surface area contributed by atoms with Crippen molar-refractivity contribution < 1.29 is 0 Å². The Hall–Kier alpha value is -1.58. The molecule has 0 aromatic carbocycles. The van der Waals surface area contributed by atoms with Crippen LogP contribution in [-0.2, 0) is 0 Å². The maximum absolute atomic E-state index is 4.04. The largest absolute Gasteiger partial charge is 0.282 e. The molecule has 0 saturated carbocycles. The van der Waals surface area contributed by atoms with Gasteiger partial charge in [0.05, 0.1) is 12.4 Å². The highest BCUT2D eigenvalue weighted by Crippen LogP contribution is 2.23. The second kappa shape index (κ2) is 8.16. The lowest BCUT2D eigenvalue weighted by Crippen LogP contribution is -1.95. The summed E-state index contributed by atoms with van der Waals surface area (Å²) in [6, 6.07) is 0. The molecule has 4 nitrogen and oxygen atoms in total. The molecule has 0 atom stereocenters. The third-order valence-electron chi connectivity index (χ3n) is 3.80. The Kier molecular flexibility index (Phi) is 6.85. The van der Waals surface area contributed by atoms with E-state index < -0.39 is 0 Å². The molecule has 0 bridgehead atoms. The molecule has 0 amide bonds. The van der Waals surface area contributed by atoms with Crippen molar-refractivity contribution in [2.24, 2.45) is 0 Å². The number of nitrogens with zero attached hydrogens (tertiary/aromatic N) is 2. The van der Waals surface area contributed by atoms with Gasteiger partial charge in [0.1, 0.15) is 0 Å². The van der Waals surface area contributed by atoms with Crippen LogP contribution < -0.4 is 0 Å². The van der Waals surface area contributed by atoms with Crippen molar-refractivity contribution in [2.45, 2.75) is 79.1 Å². The molecule has 0 fully saturated rings. The van der Waals surface area contributed by atoms with Crippen molar-refractivity contribution in [3.05, 3.63) is 34.9 Å². The molecule has 0 saturated heterocycles. The van der Waals surface area contributed by atoms with Crippen LogP contribution in [0.1, 0.15) is 102 Å². The van der Waals surface area contributed by atoms with Crippen LogP contribution in [0.5, 0.6) is 0 Å². The molecule has 0 aliphatic rings. The highest BCUT2D eigenvalue weighted by atomic mass is 15.1. The van der Waals surface area contributed by atoms with E-state index >= 15 is 0 Å². The van der Waals surface area contributed by atoms with Crippen molar-refractivity contribution in [3.8, 4) is 0 Å². The van der Waals surface area contributed by atoms with Gasteiger partial charge in [-0.05, 0) is 34.8 Å². The van der Waals surface area contributed by atoms with Crippen LogP contribution in [0.3, 0.4) is 0 Å². The van der Waals surface area contributed by atoms with Crippen LogP contribution in [0.15, 0.2) is 12.4 Å². The number of hydrogen-bond donors (Lipinski definition) is 2. The van der Waals surface area contributed by atoms with Gasteiger partial charge in [-0.1, -0.05) is 55.4 Å². The highest BCUT2D eigenvalue weighted by Gasteiger charge is 2.11. The van der Waals surface area contributed by atoms with Gasteiger partial charge >= 0.3 is 0 Å². The van der Waals surface area contributed by atoms with Crippen LogP contribution >= 0.6 is 0 Å². The maximum atomic E-state index is 4.04. The summed E-state index contributed by atoms with van der Waals surface area (Å²) >= 11 is 0. The van der Waals surface area contributed by atoms with E-state index in [2.05, 4.69) is 75.8 Å². The number of H-pyrrole nitrogens is 2. The van der Waals surface area contributed by atoms with E-state index in [0.717, 1.165) is 0 Å². The minimum Gasteiger partial charge on any atom is -0.282 e. The van der Waals surface area contributed by atoms with E-state index in [4.69, 9.17) is 0 Å². The van der Waals surface area contributed by atoms with Gasteiger partial charge in [-0.25, -0.2) is 0 Å². The normalized spacial score (nSPS) is 11.5. The molecule has 4 heteroatoms. The van der Waals surface area contributed by atoms with Gasteiger partial charge in [-0.2, -0.15) is 10.2 Å². The summed E-state index contributed by atoms with van der Waals surface area (Å²) in [5.41, 5.74) is 5.25. The Morgan fingerprint density at radius 2 is 0.909 bits per heavy atom.